The molecule has 26 heavy (non-hydrogen) atoms. The molecule has 0 radical (unpaired) electrons. The van der Waals surface area contributed by atoms with E-state index in [1.54, 1.807) is 0 Å². The van der Waals surface area contributed by atoms with Crippen LogP contribution < -0.4 is 8.37 Å². The predicted molar refractivity (Wildman–Crippen MR) is 79.6 cm³/mol. The van der Waals surface area contributed by atoms with Crippen LogP contribution in [0.5, 0.6) is 11.5 Å². The molecule has 0 aromatic heterocycles. The van der Waals surface area contributed by atoms with Crippen molar-refractivity contribution in [3.63, 3.8) is 0 Å². The number of rotatable bonds is 0. The molecular formula is C10H4O12S4. The summed E-state index contributed by atoms with van der Waals surface area (Å²) in [6.07, 6.45) is 0. The van der Waals surface area contributed by atoms with Gasteiger partial charge in [-0.3, -0.25) is 0 Å². The summed E-state index contributed by atoms with van der Waals surface area (Å²) in [7, 11) is -19.5. The highest BCUT2D eigenvalue weighted by atomic mass is 32.3. The maximum absolute atomic E-state index is 12.1. The molecule has 0 spiro atoms. The Kier molecular flexibility index (Phi) is 3.25. The van der Waals surface area contributed by atoms with Gasteiger partial charge < -0.3 is 8.37 Å². The SMILES string of the molecule is O=S1(=O)Oc2ccc3c4c(ccc3c2S(=O)(=O)O1)OS(=O)(=O)OS4(=O)=O. The Morgan fingerprint density at radius 1 is 0.538 bits per heavy atom. The van der Waals surface area contributed by atoms with Gasteiger partial charge in [-0.2, -0.15) is 33.7 Å². The van der Waals surface area contributed by atoms with Crippen LogP contribution >= 0.6 is 0 Å². The summed E-state index contributed by atoms with van der Waals surface area (Å²) < 4.78 is 111. The number of fused-ring (bicyclic) bond motifs is 5. The molecule has 0 bridgehead atoms. The van der Waals surface area contributed by atoms with Crippen molar-refractivity contribution in [2.24, 2.45) is 0 Å². The fourth-order valence-corrected chi connectivity index (χ4v) is 7.44. The van der Waals surface area contributed by atoms with E-state index in [0.29, 0.717) is 0 Å². The van der Waals surface area contributed by atoms with Crippen LogP contribution in [0, 0.1) is 0 Å². The lowest BCUT2D eigenvalue weighted by Gasteiger charge is -2.21. The van der Waals surface area contributed by atoms with E-state index in [0.717, 1.165) is 24.3 Å². The van der Waals surface area contributed by atoms with E-state index in [1.165, 1.54) is 0 Å². The second-order valence-corrected chi connectivity index (χ2v) is 10.6. The molecule has 140 valence electrons. The van der Waals surface area contributed by atoms with Crippen LogP contribution in [0.15, 0.2) is 34.1 Å². The van der Waals surface area contributed by atoms with Crippen LogP contribution in [0.2, 0.25) is 0 Å². The monoisotopic (exact) mass is 444 g/mol. The van der Waals surface area contributed by atoms with Gasteiger partial charge in [-0.25, -0.2) is 0 Å². The third-order valence-electron chi connectivity index (χ3n) is 3.26. The molecule has 2 heterocycles. The van der Waals surface area contributed by atoms with Gasteiger partial charge in [-0.05, 0) is 24.3 Å². The van der Waals surface area contributed by atoms with Crippen LogP contribution in [-0.4, -0.2) is 33.7 Å². The quantitative estimate of drug-likeness (QED) is 0.511. The van der Waals surface area contributed by atoms with E-state index in [1.807, 2.05) is 0 Å². The molecule has 0 aliphatic carbocycles. The number of hydrogen-bond acceptors (Lipinski definition) is 12. The molecule has 2 aromatic rings. The number of hydrogen-bond donors (Lipinski definition) is 0. The lowest BCUT2D eigenvalue weighted by Crippen LogP contribution is -2.26. The van der Waals surface area contributed by atoms with Crippen molar-refractivity contribution in [1.82, 2.24) is 0 Å². The average Bonchev–Trinajstić information content (AvgIpc) is 2.41. The predicted octanol–water partition coefficient (Wildman–Crippen LogP) is -0.475. The van der Waals surface area contributed by atoms with E-state index in [4.69, 9.17) is 0 Å². The molecular weight excluding hydrogens is 440 g/mol. The maximum Gasteiger partial charge on any atom is 0.464 e. The normalized spacial score (nSPS) is 23.8. The third-order valence-corrected chi connectivity index (χ3v) is 8.64. The van der Waals surface area contributed by atoms with Crippen molar-refractivity contribution in [3.05, 3.63) is 24.3 Å². The molecule has 16 heteroatoms. The highest BCUT2D eigenvalue weighted by Crippen LogP contribution is 2.44. The molecule has 0 amide bonds. The first kappa shape index (κ1) is 17.4. The zero-order valence-corrected chi connectivity index (χ0v) is 15.1. The minimum atomic E-state index is -4.87. The Morgan fingerprint density at radius 3 is 1.23 bits per heavy atom. The van der Waals surface area contributed by atoms with Gasteiger partial charge in [0.15, 0.2) is 11.5 Å². The summed E-state index contributed by atoms with van der Waals surface area (Å²) in [4.78, 5) is -1.51. The largest absolute Gasteiger partial charge is 0.464 e. The van der Waals surface area contributed by atoms with E-state index in [9.17, 15) is 33.7 Å². The zero-order chi connectivity index (χ0) is 19.1. The molecule has 0 fully saturated rings. The fraction of sp³-hybridized carbons (Fsp3) is 0. The lowest BCUT2D eigenvalue weighted by atomic mass is 10.1. The highest BCUT2D eigenvalue weighted by molar-refractivity contribution is 7.99. The van der Waals surface area contributed by atoms with Gasteiger partial charge in [0.1, 0.15) is 9.79 Å². The van der Waals surface area contributed by atoms with Crippen LogP contribution in [0.3, 0.4) is 0 Å². The Hall–Kier alpha value is -1.98. The van der Waals surface area contributed by atoms with Gasteiger partial charge in [-0.15, -0.1) is 7.26 Å². The van der Waals surface area contributed by atoms with Crippen molar-refractivity contribution < 1.29 is 49.3 Å². The van der Waals surface area contributed by atoms with Gasteiger partial charge in [0.25, 0.3) is 0 Å². The third kappa shape index (κ3) is 2.53. The topological polar surface area (TPSA) is 173 Å². The minimum Gasteiger partial charge on any atom is -0.359 e. The van der Waals surface area contributed by atoms with E-state index in [-0.39, 0.29) is 10.8 Å². The first-order valence-corrected chi connectivity index (χ1v) is 11.7. The second-order valence-electron chi connectivity index (χ2n) is 4.91. The Balaban J connectivity index is 2.16. The van der Waals surface area contributed by atoms with E-state index in [2.05, 4.69) is 15.6 Å². The molecule has 2 aliphatic heterocycles. The summed E-state index contributed by atoms with van der Waals surface area (Å²) in [5.74, 6) is -1.24. The molecule has 0 saturated heterocycles. The molecule has 0 saturated carbocycles. The molecule has 0 atom stereocenters. The first-order chi connectivity index (χ1) is 11.8. The van der Waals surface area contributed by atoms with Gasteiger partial charge in [-0.1, -0.05) is 0 Å². The molecule has 12 nitrogen and oxygen atoms in total. The second kappa shape index (κ2) is 4.84. The number of benzene rings is 2. The summed E-state index contributed by atoms with van der Waals surface area (Å²) in [5.41, 5.74) is 0. The lowest BCUT2D eigenvalue weighted by molar-refractivity contribution is 0.365. The van der Waals surface area contributed by atoms with Gasteiger partial charge in [0.05, 0.1) is 0 Å². The van der Waals surface area contributed by atoms with Gasteiger partial charge in [0.2, 0.25) is 0 Å². The standard InChI is InChI=1S/C10H4O12S4/c11-23(12)9-5-1-3-7-10(24(13,14)22-25(15,16)19-7)6(5)2-4-8(9)20-26(17,18)21-23/h1-4H. The van der Waals surface area contributed by atoms with Crippen molar-refractivity contribution in [2.45, 2.75) is 9.79 Å². The Morgan fingerprint density at radius 2 is 0.885 bits per heavy atom. The highest BCUT2D eigenvalue weighted by Gasteiger charge is 2.42. The van der Waals surface area contributed by atoms with Crippen molar-refractivity contribution in [3.8, 4) is 11.5 Å². The molecule has 0 unspecified atom stereocenters. The van der Waals surface area contributed by atoms with Crippen molar-refractivity contribution in [1.29, 1.82) is 0 Å². The van der Waals surface area contributed by atoms with Crippen molar-refractivity contribution in [2.75, 3.05) is 0 Å². The Labute approximate surface area is 146 Å². The first-order valence-electron chi connectivity index (χ1n) is 6.22. The van der Waals surface area contributed by atoms with Gasteiger partial charge in [0, 0.05) is 10.8 Å². The van der Waals surface area contributed by atoms with Crippen LogP contribution in [0.1, 0.15) is 0 Å². The summed E-state index contributed by atoms with van der Waals surface area (Å²) >= 11 is 0. The smallest absolute Gasteiger partial charge is 0.359 e. The molecule has 4 rings (SSSR count). The summed E-state index contributed by atoms with van der Waals surface area (Å²) in [5, 5.41) is -0.627. The Bertz CT molecular complexity index is 1300. The fourth-order valence-electron chi connectivity index (χ4n) is 2.49. The van der Waals surface area contributed by atoms with E-state index < -0.39 is 62.3 Å². The van der Waals surface area contributed by atoms with Crippen LogP contribution in [0.25, 0.3) is 10.8 Å². The van der Waals surface area contributed by atoms with E-state index >= 15 is 0 Å². The van der Waals surface area contributed by atoms with Crippen molar-refractivity contribution >= 4 is 51.8 Å². The summed E-state index contributed by atoms with van der Waals surface area (Å²) in [6.45, 7) is 0. The van der Waals surface area contributed by atoms with Crippen LogP contribution in [0.4, 0.5) is 0 Å². The molecule has 0 N–H and O–H groups in total. The maximum atomic E-state index is 12.1. The molecule has 2 aromatic carbocycles. The summed E-state index contributed by atoms with van der Waals surface area (Å²) in [6, 6.07) is 3.75. The molecule has 2 aliphatic rings. The van der Waals surface area contributed by atoms with Gasteiger partial charge >= 0.3 is 41.0 Å². The average molecular weight is 444 g/mol. The van der Waals surface area contributed by atoms with Crippen LogP contribution in [-0.2, 0) is 48.3 Å². The minimum absolute atomic E-state index is 0.314. The zero-order valence-electron chi connectivity index (χ0n) is 11.8.